The Bertz CT molecular complexity index is 513. The van der Waals surface area contributed by atoms with Gasteiger partial charge in [-0.1, -0.05) is 6.07 Å². The average Bonchev–Trinajstić information content (AvgIpc) is 2.75. The number of benzene rings is 1. The van der Waals surface area contributed by atoms with Crippen LogP contribution in [0.3, 0.4) is 0 Å². The standard InChI is InChI=1S/C15H18BrNO2/c1-10-5-6-13(14(16)8-10)15(19)17-7-3-4-12(17)9-11(2)18/h5-6,8,12H,3-4,7,9H2,1-2H3. The van der Waals surface area contributed by atoms with E-state index in [-0.39, 0.29) is 17.7 Å². The van der Waals surface area contributed by atoms with Crippen LogP contribution in [0.15, 0.2) is 22.7 Å². The van der Waals surface area contributed by atoms with Crippen molar-refractivity contribution in [2.45, 2.75) is 39.2 Å². The molecule has 1 aliphatic heterocycles. The molecule has 3 nitrogen and oxygen atoms in total. The van der Waals surface area contributed by atoms with Gasteiger partial charge in [0.05, 0.1) is 5.56 Å². The summed E-state index contributed by atoms with van der Waals surface area (Å²) < 4.78 is 0.825. The number of halogens is 1. The van der Waals surface area contributed by atoms with Crippen molar-refractivity contribution in [1.82, 2.24) is 4.90 Å². The van der Waals surface area contributed by atoms with Gasteiger partial charge in [-0.25, -0.2) is 0 Å². The lowest BCUT2D eigenvalue weighted by Gasteiger charge is -2.24. The number of Topliss-reactive ketones (excluding diaryl/α,β-unsaturated/α-hetero) is 1. The Hall–Kier alpha value is -1.16. The van der Waals surface area contributed by atoms with E-state index in [0.29, 0.717) is 12.0 Å². The third-order valence-electron chi connectivity index (χ3n) is 3.52. The molecule has 0 N–H and O–H groups in total. The predicted molar refractivity (Wildman–Crippen MR) is 78.2 cm³/mol. The van der Waals surface area contributed by atoms with Gasteiger partial charge < -0.3 is 4.90 Å². The van der Waals surface area contributed by atoms with Crippen molar-refractivity contribution in [1.29, 1.82) is 0 Å². The maximum absolute atomic E-state index is 12.6. The number of ketones is 1. The van der Waals surface area contributed by atoms with Gasteiger partial charge in [0.25, 0.3) is 5.91 Å². The number of rotatable bonds is 3. The van der Waals surface area contributed by atoms with E-state index in [4.69, 9.17) is 0 Å². The van der Waals surface area contributed by atoms with Crippen molar-refractivity contribution in [3.05, 3.63) is 33.8 Å². The van der Waals surface area contributed by atoms with E-state index in [0.717, 1.165) is 29.4 Å². The van der Waals surface area contributed by atoms with Gasteiger partial charge in [0.2, 0.25) is 0 Å². The van der Waals surface area contributed by atoms with E-state index in [1.165, 1.54) is 0 Å². The Kier molecular flexibility index (Phi) is 4.40. The number of hydrogen-bond acceptors (Lipinski definition) is 2. The monoisotopic (exact) mass is 323 g/mol. The highest BCUT2D eigenvalue weighted by Gasteiger charge is 2.30. The minimum absolute atomic E-state index is 0.0237. The van der Waals surface area contributed by atoms with Gasteiger partial charge in [-0.15, -0.1) is 0 Å². The van der Waals surface area contributed by atoms with E-state index < -0.39 is 0 Å². The third kappa shape index (κ3) is 3.24. The van der Waals surface area contributed by atoms with Crippen LogP contribution < -0.4 is 0 Å². The largest absolute Gasteiger partial charge is 0.335 e. The summed E-state index contributed by atoms with van der Waals surface area (Å²) in [4.78, 5) is 25.7. The van der Waals surface area contributed by atoms with Crippen LogP contribution >= 0.6 is 15.9 Å². The highest BCUT2D eigenvalue weighted by Crippen LogP contribution is 2.26. The van der Waals surface area contributed by atoms with Gasteiger partial charge in [0.1, 0.15) is 5.78 Å². The van der Waals surface area contributed by atoms with Crippen molar-refractivity contribution >= 4 is 27.6 Å². The van der Waals surface area contributed by atoms with E-state index in [9.17, 15) is 9.59 Å². The zero-order valence-electron chi connectivity index (χ0n) is 11.3. The van der Waals surface area contributed by atoms with Crippen LogP contribution in [0.5, 0.6) is 0 Å². The summed E-state index contributed by atoms with van der Waals surface area (Å²) in [6.45, 7) is 4.33. The van der Waals surface area contributed by atoms with E-state index in [1.54, 1.807) is 6.92 Å². The van der Waals surface area contributed by atoms with Gasteiger partial charge >= 0.3 is 0 Å². The van der Waals surface area contributed by atoms with E-state index in [1.807, 2.05) is 30.0 Å². The molecule has 19 heavy (non-hydrogen) atoms. The number of carbonyl (C=O) groups excluding carboxylic acids is 2. The SMILES string of the molecule is CC(=O)CC1CCCN1C(=O)c1ccc(C)cc1Br. The Balaban J connectivity index is 2.20. The fourth-order valence-electron chi connectivity index (χ4n) is 2.60. The number of nitrogens with zero attached hydrogens (tertiary/aromatic N) is 1. The molecule has 1 atom stereocenters. The van der Waals surface area contributed by atoms with Crippen LogP contribution in [-0.4, -0.2) is 29.2 Å². The van der Waals surface area contributed by atoms with E-state index >= 15 is 0 Å². The first kappa shape index (κ1) is 14.3. The van der Waals surface area contributed by atoms with Crippen LogP contribution in [0.1, 0.15) is 42.1 Å². The molecule has 1 amide bonds. The number of aryl methyl sites for hydroxylation is 1. The molecule has 0 spiro atoms. The van der Waals surface area contributed by atoms with Crippen LogP contribution in [0.2, 0.25) is 0 Å². The van der Waals surface area contributed by atoms with Gasteiger partial charge in [-0.05, 0) is 60.3 Å². The molecule has 1 aromatic carbocycles. The quantitative estimate of drug-likeness (QED) is 0.855. The summed E-state index contributed by atoms with van der Waals surface area (Å²) in [7, 11) is 0. The molecule has 0 saturated carbocycles. The molecule has 1 unspecified atom stereocenters. The molecule has 0 radical (unpaired) electrons. The summed E-state index contributed by atoms with van der Waals surface area (Å²) >= 11 is 3.45. The third-order valence-corrected chi connectivity index (χ3v) is 4.17. The number of carbonyl (C=O) groups is 2. The van der Waals surface area contributed by atoms with Crippen molar-refractivity contribution < 1.29 is 9.59 Å². The van der Waals surface area contributed by atoms with Crippen molar-refractivity contribution in [2.75, 3.05) is 6.54 Å². The summed E-state index contributed by atoms with van der Waals surface area (Å²) in [5.74, 6) is 0.170. The second-order valence-electron chi connectivity index (χ2n) is 5.18. The summed E-state index contributed by atoms with van der Waals surface area (Å²) in [6, 6.07) is 5.81. The fraction of sp³-hybridized carbons (Fsp3) is 0.467. The Morgan fingerprint density at radius 1 is 1.42 bits per heavy atom. The summed E-state index contributed by atoms with van der Waals surface area (Å²) in [6.07, 6.45) is 2.37. The zero-order valence-corrected chi connectivity index (χ0v) is 12.9. The van der Waals surface area contributed by atoms with E-state index in [2.05, 4.69) is 15.9 Å². The highest BCUT2D eigenvalue weighted by molar-refractivity contribution is 9.10. The van der Waals surface area contributed by atoms with Crippen LogP contribution in [0.25, 0.3) is 0 Å². The molecule has 4 heteroatoms. The number of amides is 1. The summed E-state index contributed by atoms with van der Waals surface area (Å²) in [5.41, 5.74) is 1.80. The Labute approximate surface area is 122 Å². The molecule has 1 fully saturated rings. The van der Waals surface area contributed by atoms with Crippen LogP contribution in [-0.2, 0) is 4.79 Å². The lowest BCUT2D eigenvalue weighted by Crippen LogP contribution is -2.36. The van der Waals surface area contributed by atoms with Gasteiger partial charge in [-0.3, -0.25) is 9.59 Å². The Morgan fingerprint density at radius 2 is 2.16 bits per heavy atom. The first-order valence-electron chi connectivity index (χ1n) is 6.55. The molecule has 102 valence electrons. The predicted octanol–water partition coefficient (Wildman–Crippen LogP) is 3.34. The maximum atomic E-state index is 12.6. The van der Waals surface area contributed by atoms with Gasteiger partial charge in [0, 0.05) is 23.5 Å². The number of hydrogen-bond donors (Lipinski definition) is 0. The first-order valence-corrected chi connectivity index (χ1v) is 7.35. The molecule has 0 bridgehead atoms. The topological polar surface area (TPSA) is 37.4 Å². The lowest BCUT2D eigenvalue weighted by molar-refractivity contribution is -0.117. The highest BCUT2D eigenvalue weighted by atomic mass is 79.9. The van der Waals surface area contributed by atoms with Crippen LogP contribution in [0.4, 0.5) is 0 Å². The van der Waals surface area contributed by atoms with Crippen molar-refractivity contribution in [3.63, 3.8) is 0 Å². The average molecular weight is 324 g/mol. The van der Waals surface area contributed by atoms with Gasteiger partial charge in [-0.2, -0.15) is 0 Å². The second kappa shape index (κ2) is 5.87. The molecule has 1 heterocycles. The smallest absolute Gasteiger partial charge is 0.255 e. The Morgan fingerprint density at radius 3 is 2.79 bits per heavy atom. The molecule has 2 rings (SSSR count). The zero-order chi connectivity index (χ0) is 14.0. The minimum atomic E-state index is 0.0237. The summed E-state index contributed by atoms with van der Waals surface area (Å²) in [5, 5.41) is 0. The molecular formula is C15H18BrNO2. The molecular weight excluding hydrogens is 306 g/mol. The lowest BCUT2D eigenvalue weighted by atomic mass is 10.1. The maximum Gasteiger partial charge on any atom is 0.255 e. The fourth-order valence-corrected chi connectivity index (χ4v) is 3.26. The number of likely N-dealkylation sites (tertiary alicyclic amines) is 1. The van der Waals surface area contributed by atoms with Gasteiger partial charge in [0.15, 0.2) is 0 Å². The van der Waals surface area contributed by atoms with Crippen molar-refractivity contribution in [2.24, 2.45) is 0 Å². The molecule has 1 saturated heterocycles. The normalized spacial score (nSPS) is 18.7. The molecule has 0 aromatic heterocycles. The minimum Gasteiger partial charge on any atom is -0.335 e. The molecule has 0 aliphatic carbocycles. The molecule has 1 aromatic rings. The first-order chi connectivity index (χ1) is 8.99. The second-order valence-corrected chi connectivity index (χ2v) is 6.04. The van der Waals surface area contributed by atoms with Crippen LogP contribution in [0, 0.1) is 6.92 Å². The molecule has 1 aliphatic rings. The van der Waals surface area contributed by atoms with Crippen molar-refractivity contribution in [3.8, 4) is 0 Å².